The Morgan fingerprint density at radius 1 is 1.53 bits per heavy atom. The first-order chi connectivity index (χ1) is 7.22. The highest BCUT2D eigenvalue weighted by atomic mass is 16.3. The zero-order chi connectivity index (χ0) is 10.8. The smallest absolute Gasteiger partial charge is 0.155 e. The molecule has 3 heteroatoms. The van der Waals surface area contributed by atoms with E-state index >= 15 is 0 Å². The number of hydrogen-bond acceptors (Lipinski definition) is 3. The van der Waals surface area contributed by atoms with E-state index in [1.54, 1.807) is 6.26 Å². The van der Waals surface area contributed by atoms with Gasteiger partial charge < -0.3 is 9.73 Å². The predicted molar refractivity (Wildman–Crippen MR) is 60.8 cm³/mol. The second-order valence-electron chi connectivity index (χ2n) is 3.78. The summed E-state index contributed by atoms with van der Waals surface area (Å²) in [5.74, 6) is 0. The molecule has 0 saturated carbocycles. The molecule has 0 aliphatic heterocycles. The summed E-state index contributed by atoms with van der Waals surface area (Å²) in [5, 5.41) is 3.35. The molecule has 80 valence electrons. The molecule has 0 saturated heterocycles. The minimum atomic E-state index is 0.285. The van der Waals surface area contributed by atoms with Crippen LogP contribution in [-0.4, -0.2) is 11.5 Å². The van der Waals surface area contributed by atoms with Crippen molar-refractivity contribution < 1.29 is 4.42 Å². The first-order valence-electron chi connectivity index (χ1n) is 5.30. The molecule has 2 heterocycles. The molecule has 0 aliphatic rings. The highest BCUT2D eigenvalue weighted by Gasteiger charge is 2.09. The molecule has 1 unspecified atom stereocenters. The van der Waals surface area contributed by atoms with Crippen molar-refractivity contribution in [3.63, 3.8) is 0 Å². The Bertz CT molecular complexity index is 462. The Morgan fingerprint density at radius 2 is 2.33 bits per heavy atom. The fourth-order valence-corrected chi connectivity index (χ4v) is 1.78. The van der Waals surface area contributed by atoms with Gasteiger partial charge in [0.1, 0.15) is 5.52 Å². The van der Waals surface area contributed by atoms with Gasteiger partial charge in [0.25, 0.3) is 0 Å². The van der Waals surface area contributed by atoms with Gasteiger partial charge >= 0.3 is 0 Å². The molecule has 0 spiro atoms. The quantitative estimate of drug-likeness (QED) is 0.835. The van der Waals surface area contributed by atoms with Gasteiger partial charge in [0.15, 0.2) is 5.58 Å². The van der Waals surface area contributed by atoms with E-state index < -0.39 is 0 Å². The van der Waals surface area contributed by atoms with Gasteiger partial charge in [-0.15, -0.1) is 0 Å². The number of nitrogens with one attached hydrogen (secondary N) is 1. The van der Waals surface area contributed by atoms with Gasteiger partial charge in [0.2, 0.25) is 0 Å². The molecule has 0 bridgehead atoms. The Balaban J connectivity index is 2.44. The number of furan rings is 1. The monoisotopic (exact) mass is 204 g/mol. The highest BCUT2D eigenvalue weighted by molar-refractivity contribution is 5.76. The molecule has 15 heavy (non-hydrogen) atoms. The third-order valence-electron chi connectivity index (χ3n) is 2.57. The minimum Gasteiger partial charge on any atom is -0.462 e. The fourth-order valence-electron chi connectivity index (χ4n) is 1.78. The molecular weight excluding hydrogens is 188 g/mol. The van der Waals surface area contributed by atoms with Crippen LogP contribution in [0.2, 0.25) is 0 Å². The molecule has 0 amide bonds. The van der Waals surface area contributed by atoms with Crippen LogP contribution in [0.15, 0.2) is 22.8 Å². The number of rotatable bonds is 3. The minimum absolute atomic E-state index is 0.285. The molecule has 0 aliphatic carbocycles. The number of aryl methyl sites for hydroxylation is 1. The van der Waals surface area contributed by atoms with Crippen molar-refractivity contribution in [2.24, 2.45) is 0 Å². The average molecular weight is 204 g/mol. The third-order valence-corrected chi connectivity index (χ3v) is 2.57. The van der Waals surface area contributed by atoms with Crippen LogP contribution >= 0.6 is 0 Å². The maximum Gasteiger partial charge on any atom is 0.155 e. The largest absolute Gasteiger partial charge is 0.462 e. The summed E-state index contributed by atoms with van der Waals surface area (Å²) < 4.78 is 5.36. The second kappa shape index (κ2) is 4.03. The molecule has 2 aromatic heterocycles. The van der Waals surface area contributed by atoms with Crippen LogP contribution in [0.5, 0.6) is 0 Å². The van der Waals surface area contributed by atoms with Crippen molar-refractivity contribution in [1.29, 1.82) is 0 Å². The molecule has 2 rings (SSSR count). The van der Waals surface area contributed by atoms with Crippen LogP contribution in [0.3, 0.4) is 0 Å². The van der Waals surface area contributed by atoms with Crippen LogP contribution in [0.4, 0.5) is 0 Å². The lowest BCUT2D eigenvalue weighted by atomic mass is 10.1. The zero-order valence-corrected chi connectivity index (χ0v) is 9.37. The van der Waals surface area contributed by atoms with E-state index in [2.05, 4.69) is 37.1 Å². The average Bonchev–Trinajstić information content (AvgIpc) is 2.66. The van der Waals surface area contributed by atoms with E-state index in [4.69, 9.17) is 4.42 Å². The van der Waals surface area contributed by atoms with Crippen LogP contribution in [-0.2, 0) is 0 Å². The molecule has 1 atom stereocenters. The Morgan fingerprint density at radius 3 is 3.07 bits per heavy atom. The summed E-state index contributed by atoms with van der Waals surface area (Å²) in [6.07, 6.45) is 1.69. The zero-order valence-electron chi connectivity index (χ0n) is 9.37. The summed E-state index contributed by atoms with van der Waals surface area (Å²) in [5.41, 5.74) is 4.05. The topological polar surface area (TPSA) is 38.1 Å². The van der Waals surface area contributed by atoms with Gasteiger partial charge in [0.05, 0.1) is 12.0 Å². The van der Waals surface area contributed by atoms with E-state index in [0.717, 1.165) is 28.9 Å². The molecule has 0 fully saturated rings. The van der Waals surface area contributed by atoms with Gasteiger partial charge in [-0.05, 0) is 32.0 Å². The van der Waals surface area contributed by atoms with Crippen molar-refractivity contribution in [3.05, 3.63) is 29.7 Å². The van der Waals surface area contributed by atoms with E-state index in [-0.39, 0.29) is 6.04 Å². The van der Waals surface area contributed by atoms with Crippen molar-refractivity contribution >= 4 is 11.1 Å². The number of aromatic nitrogens is 1. The van der Waals surface area contributed by atoms with Gasteiger partial charge in [-0.3, -0.25) is 0 Å². The number of hydrogen-bond donors (Lipinski definition) is 1. The van der Waals surface area contributed by atoms with Crippen molar-refractivity contribution in [3.8, 4) is 0 Å². The van der Waals surface area contributed by atoms with Gasteiger partial charge in [-0.2, -0.15) is 0 Å². The van der Waals surface area contributed by atoms with Crippen LogP contribution in [0, 0.1) is 6.92 Å². The van der Waals surface area contributed by atoms with Crippen LogP contribution in [0.1, 0.15) is 31.1 Å². The predicted octanol–water partition coefficient (Wildman–Crippen LogP) is 2.81. The summed E-state index contributed by atoms with van der Waals surface area (Å²) in [7, 11) is 0. The number of nitrogens with zero attached hydrogens (tertiary/aromatic N) is 1. The number of fused-ring (bicyclic) bond motifs is 1. The van der Waals surface area contributed by atoms with E-state index in [1.165, 1.54) is 0 Å². The lowest BCUT2D eigenvalue weighted by Gasteiger charge is -2.12. The summed E-state index contributed by atoms with van der Waals surface area (Å²) in [6, 6.07) is 4.27. The molecule has 2 aromatic rings. The summed E-state index contributed by atoms with van der Waals surface area (Å²) in [6.45, 7) is 7.22. The van der Waals surface area contributed by atoms with Gasteiger partial charge in [-0.1, -0.05) is 6.92 Å². The van der Waals surface area contributed by atoms with Gasteiger partial charge in [-0.25, -0.2) is 4.98 Å². The first-order valence-corrected chi connectivity index (χ1v) is 5.30. The highest BCUT2D eigenvalue weighted by Crippen LogP contribution is 2.21. The van der Waals surface area contributed by atoms with E-state index in [0.29, 0.717) is 0 Å². The van der Waals surface area contributed by atoms with E-state index in [1.807, 2.05) is 6.07 Å². The standard InChI is InChI=1S/C12H16N2O/c1-4-13-9(3)11-7-8(2)12-10(14-11)5-6-15-12/h5-7,9,13H,4H2,1-3H3. The first kappa shape index (κ1) is 10.2. The summed E-state index contributed by atoms with van der Waals surface area (Å²) in [4.78, 5) is 4.56. The van der Waals surface area contributed by atoms with Crippen molar-refractivity contribution in [2.45, 2.75) is 26.8 Å². The SMILES string of the molecule is CCNC(C)c1cc(C)c2occc2n1. The lowest BCUT2D eigenvalue weighted by molar-refractivity contribution is 0.582. The Labute approximate surface area is 89.5 Å². The molecule has 3 nitrogen and oxygen atoms in total. The molecular formula is C12H16N2O. The van der Waals surface area contributed by atoms with Crippen molar-refractivity contribution in [1.82, 2.24) is 10.3 Å². The third kappa shape index (κ3) is 1.88. The Hall–Kier alpha value is -1.35. The van der Waals surface area contributed by atoms with Gasteiger partial charge in [0, 0.05) is 12.1 Å². The lowest BCUT2D eigenvalue weighted by Crippen LogP contribution is -2.18. The number of pyridine rings is 1. The fraction of sp³-hybridized carbons (Fsp3) is 0.417. The van der Waals surface area contributed by atoms with E-state index in [9.17, 15) is 0 Å². The molecule has 1 N–H and O–H groups in total. The maximum absolute atomic E-state index is 5.36. The molecule has 0 aromatic carbocycles. The van der Waals surface area contributed by atoms with Crippen molar-refractivity contribution in [2.75, 3.05) is 6.54 Å². The normalized spacial score (nSPS) is 13.3. The van der Waals surface area contributed by atoms with Crippen LogP contribution < -0.4 is 5.32 Å². The summed E-state index contributed by atoms with van der Waals surface area (Å²) >= 11 is 0. The Kier molecular flexibility index (Phi) is 2.73. The van der Waals surface area contributed by atoms with Crippen LogP contribution in [0.25, 0.3) is 11.1 Å². The maximum atomic E-state index is 5.36. The molecule has 0 radical (unpaired) electrons. The second-order valence-corrected chi connectivity index (χ2v) is 3.78.